The van der Waals surface area contributed by atoms with Crippen molar-refractivity contribution in [3.63, 3.8) is 0 Å². The van der Waals surface area contributed by atoms with Gasteiger partial charge in [0.05, 0.1) is 0 Å². The average molecular weight is 283 g/mol. The zero-order valence-electron chi connectivity index (χ0n) is 12.5. The summed E-state index contributed by atoms with van der Waals surface area (Å²) in [6.07, 6.45) is 3.97. The van der Waals surface area contributed by atoms with Crippen LogP contribution in [0.15, 0.2) is 42.5 Å². The Morgan fingerprint density at radius 1 is 1.10 bits per heavy atom. The van der Waals surface area contributed by atoms with Gasteiger partial charge in [0.25, 0.3) is 0 Å². The van der Waals surface area contributed by atoms with E-state index in [2.05, 4.69) is 36.5 Å². The molecule has 0 bridgehead atoms. The minimum atomic E-state index is -0.173. The fourth-order valence-electron chi connectivity index (χ4n) is 2.91. The minimum Gasteiger partial charge on any atom is -0.313 e. The molecule has 0 atom stereocenters. The summed E-state index contributed by atoms with van der Waals surface area (Å²) in [7, 11) is 0. The molecule has 0 amide bonds. The monoisotopic (exact) mass is 283 g/mol. The van der Waals surface area contributed by atoms with Gasteiger partial charge in [-0.15, -0.1) is 0 Å². The summed E-state index contributed by atoms with van der Waals surface area (Å²) in [5.74, 6) is 0.570. The predicted octanol–water partition coefficient (Wildman–Crippen LogP) is 4.87. The Balaban J connectivity index is 1.89. The third-order valence-corrected chi connectivity index (χ3v) is 4.44. The summed E-state index contributed by atoms with van der Waals surface area (Å²) in [5, 5.41) is 3.32. The smallest absolute Gasteiger partial charge is 0.123 e. The molecule has 1 saturated carbocycles. The molecule has 0 spiro atoms. The van der Waals surface area contributed by atoms with E-state index >= 15 is 0 Å². The molecule has 110 valence electrons. The lowest BCUT2D eigenvalue weighted by Crippen LogP contribution is -2.12. The zero-order chi connectivity index (χ0) is 14.7. The molecule has 1 nitrogen and oxygen atoms in total. The first kappa shape index (κ1) is 14.3. The second-order valence-electron chi connectivity index (χ2n) is 5.83. The Bertz CT molecular complexity index is 599. The van der Waals surface area contributed by atoms with E-state index in [-0.39, 0.29) is 5.82 Å². The summed E-state index contributed by atoms with van der Waals surface area (Å²) < 4.78 is 13.6. The Labute approximate surface area is 126 Å². The molecule has 2 heteroatoms. The lowest BCUT2D eigenvalue weighted by Gasteiger charge is -2.26. The van der Waals surface area contributed by atoms with Gasteiger partial charge in [-0.25, -0.2) is 4.39 Å². The van der Waals surface area contributed by atoms with Crippen LogP contribution in [-0.2, 0) is 6.54 Å². The van der Waals surface area contributed by atoms with Crippen LogP contribution < -0.4 is 5.32 Å². The minimum absolute atomic E-state index is 0.173. The molecule has 0 saturated heterocycles. The Hall–Kier alpha value is -1.67. The highest BCUT2D eigenvalue weighted by Crippen LogP contribution is 2.37. The van der Waals surface area contributed by atoms with Gasteiger partial charge in [0, 0.05) is 6.54 Å². The van der Waals surface area contributed by atoms with Crippen molar-refractivity contribution in [1.29, 1.82) is 0 Å². The molecule has 1 fully saturated rings. The molecule has 3 rings (SSSR count). The van der Waals surface area contributed by atoms with Crippen LogP contribution in [0.3, 0.4) is 0 Å². The average Bonchev–Trinajstić information content (AvgIpc) is 2.45. The lowest BCUT2D eigenvalue weighted by molar-refractivity contribution is 0.420. The standard InChI is InChI=1S/C19H22FN/c1-2-21-13-17-10-11-18(20)12-19(17)16-8-6-15(7-9-16)14-4-3-5-14/h6-12,14,21H,2-5,13H2,1H3. The molecule has 0 aliphatic heterocycles. The van der Waals surface area contributed by atoms with Crippen LogP contribution in [0.4, 0.5) is 4.39 Å². The highest BCUT2D eigenvalue weighted by molar-refractivity contribution is 5.67. The van der Waals surface area contributed by atoms with Crippen molar-refractivity contribution in [2.24, 2.45) is 0 Å². The van der Waals surface area contributed by atoms with Gasteiger partial charge in [-0.3, -0.25) is 0 Å². The van der Waals surface area contributed by atoms with E-state index in [1.807, 2.05) is 6.07 Å². The van der Waals surface area contributed by atoms with Crippen LogP contribution in [0, 0.1) is 5.82 Å². The number of hydrogen-bond donors (Lipinski definition) is 1. The molecule has 2 aromatic rings. The van der Waals surface area contributed by atoms with Crippen molar-refractivity contribution >= 4 is 0 Å². The number of rotatable bonds is 5. The molecule has 0 radical (unpaired) electrons. The van der Waals surface area contributed by atoms with Gasteiger partial charge in [0.15, 0.2) is 0 Å². The van der Waals surface area contributed by atoms with Crippen molar-refractivity contribution in [1.82, 2.24) is 5.32 Å². The second-order valence-corrected chi connectivity index (χ2v) is 5.83. The molecule has 1 aliphatic carbocycles. The third kappa shape index (κ3) is 3.16. The van der Waals surface area contributed by atoms with E-state index in [1.165, 1.54) is 24.8 Å². The Morgan fingerprint density at radius 3 is 2.48 bits per heavy atom. The van der Waals surface area contributed by atoms with Gasteiger partial charge in [0.2, 0.25) is 0 Å². The Kier molecular flexibility index (Phi) is 4.35. The highest BCUT2D eigenvalue weighted by atomic mass is 19.1. The van der Waals surface area contributed by atoms with Crippen LogP contribution >= 0.6 is 0 Å². The first-order valence-corrected chi connectivity index (χ1v) is 7.87. The quantitative estimate of drug-likeness (QED) is 0.825. The molecule has 1 N–H and O–H groups in total. The SMILES string of the molecule is CCNCc1ccc(F)cc1-c1ccc(C2CCC2)cc1. The van der Waals surface area contributed by atoms with Crippen molar-refractivity contribution < 1.29 is 4.39 Å². The molecule has 0 unspecified atom stereocenters. The summed E-state index contributed by atoms with van der Waals surface area (Å²) >= 11 is 0. The number of hydrogen-bond acceptors (Lipinski definition) is 1. The highest BCUT2D eigenvalue weighted by Gasteiger charge is 2.19. The van der Waals surface area contributed by atoms with Crippen molar-refractivity contribution in [2.45, 2.75) is 38.6 Å². The van der Waals surface area contributed by atoms with Gasteiger partial charge in [-0.2, -0.15) is 0 Å². The van der Waals surface area contributed by atoms with E-state index in [0.29, 0.717) is 0 Å². The van der Waals surface area contributed by atoms with E-state index < -0.39 is 0 Å². The van der Waals surface area contributed by atoms with Crippen molar-refractivity contribution in [3.05, 3.63) is 59.4 Å². The van der Waals surface area contributed by atoms with Gasteiger partial charge in [-0.05, 0) is 59.7 Å². The molecule has 1 aliphatic rings. The van der Waals surface area contributed by atoms with Crippen LogP contribution in [0.5, 0.6) is 0 Å². The van der Waals surface area contributed by atoms with E-state index in [9.17, 15) is 4.39 Å². The molecule has 21 heavy (non-hydrogen) atoms. The topological polar surface area (TPSA) is 12.0 Å². The van der Waals surface area contributed by atoms with Gasteiger partial charge in [0.1, 0.15) is 5.82 Å². The summed E-state index contributed by atoms with van der Waals surface area (Å²) in [4.78, 5) is 0. The fourth-order valence-corrected chi connectivity index (χ4v) is 2.91. The Morgan fingerprint density at radius 2 is 1.86 bits per heavy atom. The predicted molar refractivity (Wildman–Crippen MR) is 85.8 cm³/mol. The van der Waals surface area contributed by atoms with Gasteiger partial charge >= 0.3 is 0 Å². The molecule has 0 aromatic heterocycles. The van der Waals surface area contributed by atoms with Crippen LogP contribution in [0.2, 0.25) is 0 Å². The van der Waals surface area contributed by atoms with Gasteiger partial charge < -0.3 is 5.32 Å². The summed E-state index contributed by atoms with van der Waals surface area (Å²) in [6.45, 7) is 3.77. The van der Waals surface area contributed by atoms with E-state index in [1.54, 1.807) is 12.1 Å². The largest absolute Gasteiger partial charge is 0.313 e. The second kappa shape index (κ2) is 6.40. The van der Waals surface area contributed by atoms with E-state index in [4.69, 9.17) is 0 Å². The van der Waals surface area contributed by atoms with Crippen LogP contribution in [0.25, 0.3) is 11.1 Å². The van der Waals surface area contributed by atoms with Crippen LogP contribution in [0.1, 0.15) is 43.2 Å². The van der Waals surface area contributed by atoms with E-state index in [0.717, 1.165) is 35.7 Å². The lowest BCUT2D eigenvalue weighted by atomic mass is 9.80. The summed E-state index contributed by atoms with van der Waals surface area (Å²) in [5.41, 5.74) is 4.67. The van der Waals surface area contributed by atoms with Gasteiger partial charge in [-0.1, -0.05) is 43.7 Å². The van der Waals surface area contributed by atoms with Crippen LogP contribution in [-0.4, -0.2) is 6.54 Å². The van der Waals surface area contributed by atoms with Crippen molar-refractivity contribution in [3.8, 4) is 11.1 Å². The normalized spacial score (nSPS) is 15.0. The molecule has 2 aromatic carbocycles. The van der Waals surface area contributed by atoms with Crippen molar-refractivity contribution in [2.75, 3.05) is 6.54 Å². The summed E-state index contributed by atoms with van der Waals surface area (Å²) in [6, 6.07) is 13.8. The zero-order valence-corrected chi connectivity index (χ0v) is 12.5. The first-order chi connectivity index (χ1) is 10.3. The molecule has 0 heterocycles. The maximum atomic E-state index is 13.6. The third-order valence-electron chi connectivity index (χ3n) is 4.44. The fraction of sp³-hybridized carbons (Fsp3) is 0.368. The molecular formula is C19H22FN. The maximum absolute atomic E-state index is 13.6. The maximum Gasteiger partial charge on any atom is 0.123 e. The number of nitrogens with one attached hydrogen (secondary N) is 1. The first-order valence-electron chi connectivity index (χ1n) is 7.87. The molecular weight excluding hydrogens is 261 g/mol. The number of benzene rings is 2. The number of halogens is 1.